The fourth-order valence-electron chi connectivity index (χ4n) is 2.60. The minimum Gasteiger partial charge on any atom is -0.314 e. The van der Waals surface area contributed by atoms with Gasteiger partial charge >= 0.3 is 6.18 Å². The average Bonchev–Trinajstić information content (AvgIpc) is 2.52. The van der Waals surface area contributed by atoms with Crippen LogP contribution in [-0.2, 0) is 16.2 Å². The van der Waals surface area contributed by atoms with E-state index in [1.165, 1.54) is 19.1 Å². The molecular weight excluding hydrogens is 343 g/mol. The van der Waals surface area contributed by atoms with E-state index in [4.69, 9.17) is 0 Å². The molecule has 2 N–H and O–H groups in total. The van der Waals surface area contributed by atoms with Crippen molar-refractivity contribution >= 4 is 10.0 Å². The first-order valence-electron chi connectivity index (χ1n) is 7.81. The van der Waals surface area contributed by atoms with Crippen molar-refractivity contribution in [1.82, 2.24) is 14.9 Å². The number of hydrogen-bond donors (Lipinski definition) is 2. The number of hydrogen-bond acceptors (Lipinski definition) is 4. The van der Waals surface area contributed by atoms with Crippen LogP contribution in [0, 0.1) is 6.92 Å². The molecule has 1 heterocycles. The quantitative estimate of drug-likeness (QED) is 0.752. The van der Waals surface area contributed by atoms with Crippen molar-refractivity contribution in [3.63, 3.8) is 0 Å². The number of benzene rings is 1. The summed E-state index contributed by atoms with van der Waals surface area (Å²) in [7, 11) is -3.94. The van der Waals surface area contributed by atoms with Crippen molar-refractivity contribution < 1.29 is 21.6 Å². The molecule has 0 amide bonds. The third-order valence-corrected chi connectivity index (χ3v) is 5.44. The van der Waals surface area contributed by atoms with Gasteiger partial charge in [0, 0.05) is 32.7 Å². The maximum Gasteiger partial charge on any atom is 0.416 e. The smallest absolute Gasteiger partial charge is 0.314 e. The summed E-state index contributed by atoms with van der Waals surface area (Å²) in [6.45, 7) is 5.91. The lowest BCUT2D eigenvalue weighted by molar-refractivity contribution is -0.138. The first-order valence-corrected chi connectivity index (χ1v) is 9.29. The van der Waals surface area contributed by atoms with E-state index in [0.717, 1.165) is 32.7 Å². The van der Waals surface area contributed by atoms with Crippen LogP contribution in [0.2, 0.25) is 0 Å². The SMILES string of the molecule is Cc1ccc(S(=O)(=O)NCCCN2CCNCC2)cc1C(F)(F)F. The summed E-state index contributed by atoms with van der Waals surface area (Å²) in [5, 5.41) is 3.23. The van der Waals surface area contributed by atoms with Crippen molar-refractivity contribution in [2.45, 2.75) is 24.4 Å². The Kier molecular flexibility index (Phi) is 6.24. The minimum atomic E-state index is -4.57. The van der Waals surface area contributed by atoms with Crippen molar-refractivity contribution in [3.05, 3.63) is 29.3 Å². The van der Waals surface area contributed by atoms with Crippen LogP contribution in [0.1, 0.15) is 17.5 Å². The Morgan fingerprint density at radius 1 is 1.25 bits per heavy atom. The second kappa shape index (κ2) is 7.81. The van der Waals surface area contributed by atoms with E-state index >= 15 is 0 Å². The van der Waals surface area contributed by atoms with Crippen molar-refractivity contribution in [3.8, 4) is 0 Å². The van der Waals surface area contributed by atoms with Gasteiger partial charge in [0.2, 0.25) is 10.0 Å². The number of piperazine rings is 1. The van der Waals surface area contributed by atoms with Gasteiger partial charge in [-0.1, -0.05) is 6.07 Å². The molecule has 0 aromatic heterocycles. The maximum atomic E-state index is 12.9. The monoisotopic (exact) mass is 365 g/mol. The van der Waals surface area contributed by atoms with Gasteiger partial charge in [-0.15, -0.1) is 0 Å². The average molecular weight is 365 g/mol. The molecule has 0 unspecified atom stereocenters. The number of alkyl halides is 3. The molecule has 1 fully saturated rings. The number of sulfonamides is 1. The van der Waals surface area contributed by atoms with E-state index in [9.17, 15) is 21.6 Å². The molecule has 0 spiro atoms. The van der Waals surface area contributed by atoms with Gasteiger partial charge in [-0.2, -0.15) is 13.2 Å². The van der Waals surface area contributed by atoms with E-state index in [0.29, 0.717) is 12.5 Å². The molecule has 1 saturated heterocycles. The molecule has 1 aromatic rings. The molecule has 5 nitrogen and oxygen atoms in total. The third kappa shape index (κ3) is 5.17. The largest absolute Gasteiger partial charge is 0.416 e. The summed E-state index contributed by atoms with van der Waals surface area (Å²) in [5.74, 6) is 0. The lowest BCUT2D eigenvalue weighted by atomic mass is 10.1. The lowest BCUT2D eigenvalue weighted by Crippen LogP contribution is -2.44. The second-order valence-corrected chi connectivity index (χ2v) is 7.58. The summed E-state index contributed by atoms with van der Waals surface area (Å²) in [5.41, 5.74) is -0.925. The molecule has 1 aromatic carbocycles. The van der Waals surface area contributed by atoms with E-state index in [1.54, 1.807) is 0 Å². The van der Waals surface area contributed by atoms with Crippen molar-refractivity contribution in [2.75, 3.05) is 39.3 Å². The van der Waals surface area contributed by atoms with Crippen molar-refractivity contribution in [2.24, 2.45) is 0 Å². The number of aryl methyl sites for hydroxylation is 1. The second-order valence-electron chi connectivity index (χ2n) is 5.82. The standard InChI is InChI=1S/C15H22F3N3O2S/c1-12-3-4-13(11-14(12)15(16,17)18)24(22,23)20-5-2-8-21-9-6-19-7-10-21/h3-4,11,19-20H,2,5-10H2,1H3. The Morgan fingerprint density at radius 3 is 2.54 bits per heavy atom. The highest BCUT2D eigenvalue weighted by Crippen LogP contribution is 2.33. The van der Waals surface area contributed by atoms with Gasteiger partial charge in [-0.05, 0) is 37.6 Å². The van der Waals surface area contributed by atoms with Crippen molar-refractivity contribution in [1.29, 1.82) is 0 Å². The summed E-state index contributed by atoms with van der Waals surface area (Å²) in [6, 6.07) is 3.06. The van der Waals surface area contributed by atoms with E-state index in [2.05, 4.69) is 14.9 Å². The van der Waals surface area contributed by atoms with Gasteiger partial charge in [0.1, 0.15) is 0 Å². The maximum absolute atomic E-state index is 12.9. The van der Waals surface area contributed by atoms with E-state index < -0.39 is 21.8 Å². The molecule has 1 aliphatic rings. The topological polar surface area (TPSA) is 61.4 Å². The molecule has 0 bridgehead atoms. The van der Waals surface area contributed by atoms with Gasteiger partial charge in [0.05, 0.1) is 10.5 Å². The molecule has 0 saturated carbocycles. The summed E-state index contributed by atoms with van der Waals surface area (Å²) < 4.78 is 65.4. The van der Waals surface area contributed by atoms with Crippen LogP contribution in [0.3, 0.4) is 0 Å². The molecular formula is C15H22F3N3O2S. The first-order chi connectivity index (χ1) is 11.2. The molecule has 24 heavy (non-hydrogen) atoms. The summed E-state index contributed by atoms with van der Waals surface area (Å²) in [4.78, 5) is 1.86. The molecule has 0 aliphatic carbocycles. The number of rotatable bonds is 6. The van der Waals surface area contributed by atoms with Gasteiger partial charge < -0.3 is 10.2 Å². The number of nitrogens with one attached hydrogen (secondary N) is 2. The van der Waals surface area contributed by atoms with E-state index in [1.807, 2.05) is 0 Å². The van der Waals surface area contributed by atoms with Gasteiger partial charge in [-0.3, -0.25) is 0 Å². The fraction of sp³-hybridized carbons (Fsp3) is 0.600. The zero-order chi connectivity index (χ0) is 17.8. The Balaban J connectivity index is 1.95. The highest BCUT2D eigenvalue weighted by Gasteiger charge is 2.33. The predicted octanol–water partition coefficient (Wildman–Crippen LogP) is 1.59. The minimum absolute atomic E-state index is 0.000146. The molecule has 0 atom stereocenters. The lowest BCUT2D eigenvalue weighted by Gasteiger charge is -2.27. The number of halogens is 3. The zero-order valence-electron chi connectivity index (χ0n) is 13.5. The predicted molar refractivity (Wildman–Crippen MR) is 85.3 cm³/mol. The Labute approximate surface area is 140 Å². The highest BCUT2D eigenvalue weighted by molar-refractivity contribution is 7.89. The summed E-state index contributed by atoms with van der Waals surface area (Å²) in [6.07, 6.45) is -3.96. The van der Waals surface area contributed by atoms with Gasteiger partial charge in [-0.25, -0.2) is 13.1 Å². The molecule has 136 valence electrons. The summed E-state index contributed by atoms with van der Waals surface area (Å²) >= 11 is 0. The molecule has 1 aliphatic heterocycles. The van der Waals surface area contributed by atoms with Gasteiger partial charge in [0.25, 0.3) is 0 Å². The normalized spacial score (nSPS) is 17.2. The van der Waals surface area contributed by atoms with Crippen LogP contribution in [0.15, 0.2) is 23.1 Å². The third-order valence-electron chi connectivity index (χ3n) is 3.98. The van der Waals surface area contributed by atoms with Gasteiger partial charge in [0.15, 0.2) is 0 Å². The molecule has 0 radical (unpaired) electrons. The Bertz CT molecular complexity index is 656. The fourth-order valence-corrected chi connectivity index (χ4v) is 3.70. The van der Waals surface area contributed by atoms with Crippen LogP contribution in [0.25, 0.3) is 0 Å². The zero-order valence-corrected chi connectivity index (χ0v) is 14.3. The Morgan fingerprint density at radius 2 is 1.92 bits per heavy atom. The van der Waals surface area contributed by atoms with Crippen LogP contribution >= 0.6 is 0 Å². The highest BCUT2D eigenvalue weighted by atomic mass is 32.2. The van der Waals surface area contributed by atoms with Crippen LogP contribution in [-0.4, -0.2) is 52.6 Å². The molecule has 2 rings (SSSR count). The van der Waals surface area contributed by atoms with E-state index in [-0.39, 0.29) is 17.0 Å². The van der Waals surface area contributed by atoms with Crippen LogP contribution in [0.5, 0.6) is 0 Å². The number of nitrogens with zero attached hydrogens (tertiary/aromatic N) is 1. The van der Waals surface area contributed by atoms with Crippen LogP contribution in [0.4, 0.5) is 13.2 Å². The molecule has 9 heteroatoms. The first kappa shape index (κ1) is 19.2. The Hall–Kier alpha value is -1.16. The van der Waals surface area contributed by atoms with Crippen LogP contribution < -0.4 is 10.0 Å².